The molecule has 1 saturated heterocycles. The first-order chi connectivity index (χ1) is 8.65. The zero-order chi connectivity index (χ0) is 12.7. The van der Waals surface area contributed by atoms with Gasteiger partial charge in [0.1, 0.15) is 0 Å². The third-order valence-electron chi connectivity index (χ3n) is 4.35. The summed E-state index contributed by atoms with van der Waals surface area (Å²) in [6.45, 7) is 5.74. The Bertz CT molecular complexity index is 553. The Morgan fingerprint density at radius 3 is 2.83 bits per heavy atom. The molecule has 3 rings (SSSR count). The van der Waals surface area contributed by atoms with Gasteiger partial charge in [-0.1, -0.05) is 19.9 Å². The normalized spacial score (nSPS) is 24.2. The molecule has 1 N–H and O–H groups in total. The minimum absolute atomic E-state index is 0.682. The summed E-state index contributed by atoms with van der Waals surface area (Å²) in [6.07, 6.45) is 3.41. The number of benzene rings is 1. The number of hydrogen-bond donors (Lipinski definition) is 1. The third-order valence-corrected chi connectivity index (χ3v) is 4.35. The molecule has 1 aromatic heterocycles. The van der Waals surface area contributed by atoms with Crippen LogP contribution in [-0.2, 0) is 7.05 Å². The second kappa shape index (κ2) is 4.43. The molecule has 0 aliphatic carbocycles. The van der Waals surface area contributed by atoms with E-state index in [0.717, 1.165) is 12.5 Å². The van der Waals surface area contributed by atoms with Gasteiger partial charge in [-0.2, -0.15) is 0 Å². The largest absolute Gasteiger partial charge is 0.351 e. The number of rotatable bonds is 2. The third kappa shape index (κ3) is 1.95. The number of aryl methyl sites for hydroxylation is 1. The van der Waals surface area contributed by atoms with Crippen molar-refractivity contribution in [2.45, 2.75) is 32.2 Å². The highest BCUT2D eigenvalue weighted by Gasteiger charge is 2.27. The summed E-state index contributed by atoms with van der Waals surface area (Å²) in [6, 6.07) is 9.82. The minimum Gasteiger partial charge on any atom is -0.351 e. The predicted octanol–water partition coefficient (Wildman–Crippen LogP) is 3.28. The minimum atomic E-state index is 0.682. The smallest absolute Gasteiger partial charge is 0.0477 e. The SMILES string of the molecule is CC(C)C1CC(c2ccc3c(ccn3C)c2)CN1. The second-order valence-electron chi connectivity index (χ2n) is 5.94. The molecule has 0 amide bonds. The number of nitrogens with zero attached hydrogens (tertiary/aromatic N) is 1. The van der Waals surface area contributed by atoms with Gasteiger partial charge in [-0.15, -0.1) is 0 Å². The summed E-state index contributed by atoms with van der Waals surface area (Å²) in [5.74, 6) is 1.41. The van der Waals surface area contributed by atoms with E-state index in [1.54, 1.807) is 0 Å². The molecular weight excluding hydrogens is 220 g/mol. The van der Waals surface area contributed by atoms with Crippen molar-refractivity contribution in [3.8, 4) is 0 Å². The standard InChI is InChI=1S/C16H22N2/c1-11(2)15-9-14(10-17-15)12-4-5-16-13(8-12)6-7-18(16)3/h4-8,11,14-15,17H,9-10H2,1-3H3. The maximum Gasteiger partial charge on any atom is 0.0477 e. The molecule has 1 fully saturated rings. The lowest BCUT2D eigenvalue weighted by atomic mass is 9.92. The predicted molar refractivity (Wildman–Crippen MR) is 76.9 cm³/mol. The van der Waals surface area contributed by atoms with Crippen molar-refractivity contribution in [2.24, 2.45) is 13.0 Å². The van der Waals surface area contributed by atoms with Crippen molar-refractivity contribution in [1.29, 1.82) is 0 Å². The van der Waals surface area contributed by atoms with Crippen LogP contribution in [0.4, 0.5) is 0 Å². The summed E-state index contributed by atoms with van der Waals surface area (Å²) < 4.78 is 2.18. The van der Waals surface area contributed by atoms with E-state index >= 15 is 0 Å². The lowest BCUT2D eigenvalue weighted by Crippen LogP contribution is -2.26. The molecule has 0 bridgehead atoms. The van der Waals surface area contributed by atoms with E-state index in [9.17, 15) is 0 Å². The van der Waals surface area contributed by atoms with Crippen LogP contribution < -0.4 is 5.32 Å². The van der Waals surface area contributed by atoms with Crippen molar-refractivity contribution in [3.63, 3.8) is 0 Å². The van der Waals surface area contributed by atoms with Crippen molar-refractivity contribution < 1.29 is 0 Å². The average molecular weight is 242 g/mol. The zero-order valence-electron chi connectivity index (χ0n) is 11.5. The molecule has 0 radical (unpaired) electrons. The van der Waals surface area contributed by atoms with Crippen molar-refractivity contribution in [2.75, 3.05) is 6.54 Å². The molecule has 18 heavy (non-hydrogen) atoms. The van der Waals surface area contributed by atoms with Gasteiger partial charge in [-0.25, -0.2) is 0 Å². The summed E-state index contributed by atoms with van der Waals surface area (Å²) in [7, 11) is 2.11. The average Bonchev–Trinajstić information content (AvgIpc) is 2.96. The summed E-state index contributed by atoms with van der Waals surface area (Å²) in [4.78, 5) is 0. The van der Waals surface area contributed by atoms with Gasteiger partial charge in [0.2, 0.25) is 0 Å². The quantitative estimate of drug-likeness (QED) is 0.855. The highest BCUT2D eigenvalue weighted by molar-refractivity contribution is 5.80. The molecule has 2 heteroatoms. The Hall–Kier alpha value is -1.28. The van der Waals surface area contributed by atoms with E-state index in [1.165, 1.54) is 22.9 Å². The number of aromatic nitrogens is 1. The zero-order valence-corrected chi connectivity index (χ0v) is 11.5. The van der Waals surface area contributed by atoms with Gasteiger partial charge in [0, 0.05) is 31.3 Å². The van der Waals surface area contributed by atoms with E-state index < -0.39 is 0 Å². The maximum atomic E-state index is 3.65. The van der Waals surface area contributed by atoms with Gasteiger partial charge >= 0.3 is 0 Å². The van der Waals surface area contributed by atoms with Crippen LogP contribution in [0.2, 0.25) is 0 Å². The second-order valence-corrected chi connectivity index (χ2v) is 5.94. The monoisotopic (exact) mass is 242 g/mol. The van der Waals surface area contributed by atoms with E-state index in [1.807, 2.05) is 0 Å². The topological polar surface area (TPSA) is 17.0 Å². The molecule has 2 atom stereocenters. The molecular formula is C16H22N2. The molecule has 1 aromatic carbocycles. The molecule has 2 aromatic rings. The highest BCUT2D eigenvalue weighted by atomic mass is 15.0. The van der Waals surface area contributed by atoms with Crippen LogP contribution in [0.1, 0.15) is 31.7 Å². The fourth-order valence-electron chi connectivity index (χ4n) is 3.08. The number of nitrogens with one attached hydrogen (secondary N) is 1. The first-order valence-corrected chi connectivity index (χ1v) is 6.93. The van der Waals surface area contributed by atoms with Crippen molar-refractivity contribution in [3.05, 3.63) is 36.0 Å². The maximum absolute atomic E-state index is 3.65. The fourth-order valence-corrected chi connectivity index (χ4v) is 3.08. The Morgan fingerprint density at radius 2 is 2.11 bits per heavy atom. The van der Waals surface area contributed by atoms with Gasteiger partial charge in [0.15, 0.2) is 0 Å². The molecule has 2 nitrogen and oxygen atoms in total. The molecule has 96 valence electrons. The van der Waals surface area contributed by atoms with E-state index in [0.29, 0.717) is 12.0 Å². The van der Waals surface area contributed by atoms with Gasteiger partial charge in [-0.3, -0.25) is 0 Å². The highest BCUT2D eigenvalue weighted by Crippen LogP contribution is 2.30. The van der Waals surface area contributed by atoms with Crippen molar-refractivity contribution in [1.82, 2.24) is 9.88 Å². The van der Waals surface area contributed by atoms with Gasteiger partial charge < -0.3 is 9.88 Å². The van der Waals surface area contributed by atoms with Crippen LogP contribution in [0.5, 0.6) is 0 Å². The van der Waals surface area contributed by atoms with E-state index in [4.69, 9.17) is 0 Å². The lowest BCUT2D eigenvalue weighted by molar-refractivity contribution is 0.449. The van der Waals surface area contributed by atoms with E-state index in [-0.39, 0.29) is 0 Å². The van der Waals surface area contributed by atoms with Crippen LogP contribution in [0.15, 0.2) is 30.5 Å². The van der Waals surface area contributed by atoms with Crippen LogP contribution in [0.25, 0.3) is 10.9 Å². The number of hydrogen-bond acceptors (Lipinski definition) is 1. The summed E-state index contributed by atoms with van der Waals surface area (Å²) in [5.41, 5.74) is 2.81. The van der Waals surface area contributed by atoms with Gasteiger partial charge in [0.25, 0.3) is 0 Å². The molecule has 2 unspecified atom stereocenters. The van der Waals surface area contributed by atoms with Crippen LogP contribution in [0, 0.1) is 5.92 Å². The Labute approximate surface area is 109 Å². The molecule has 0 spiro atoms. The fraction of sp³-hybridized carbons (Fsp3) is 0.500. The van der Waals surface area contributed by atoms with Gasteiger partial charge in [0.05, 0.1) is 0 Å². The Kier molecular flexibility index (Phi) is 2.90. The number of fused-ring (bicyclic) bond motifs is 1. The first-order valence-electron chi connectivity index (χ1n) is 6.93. The summed E-state index contributed by atoms with van der Waals surface area (Å²) >= 11 is 0. The molecule has 1 aliphatic heterocycles. The molecule has 2 heterocycles. The Morgan fingerprint density at radius 1 is 1.28 bits per heavy atom. The molecule has 1 aliphatic rings. The lowest BCUT2D eigenvalue weighted by Gasteiger charge is -2.14. The van der Waals surface area contributed by atoms with Crippen molar-refractivity contribution >= 4 is 10.9 Å². The van der Waals surface area contributed by atoms with Crippen LogP contribution in [0.3, 0.4) is 0 Å². The molecule has 0 saturated carbocycles. The van der Waals surface area contributed by atoms with Crippen LogP contribution in [-0.4, -0.2) is 17.2 Å². The Balaban J connectivity index is 1.87. The first kappa shape index (κ1) is 11.8. The van der Waals surface area contributed by atoms with E-state index in [2.05, 4.69) is 61.2 Å². The van der Waals surface area contributed by atoms with Crippen LogP contribution >= 0.6 is 0 Å². The summed E-state index contributed by atoms with van der Waals surface area (Å²) in [5, 5.41) is 5.02. The van der Waals surface area contributed by atoms with Gasteiger partial charge in [-0.05, 0) is 47.4 Å².